The van der Waals surface area contributed by atoms with Crippen LogP contribution in [0.25, 0.3) is 0 Å². The molecule has 0 spiro atoms. The number of aryl methyl sites for hydroxylation is 1. The number of imidazole rings is 1. The lowest BCUT2D eigenvalue weighted by atomic mass is 9.66. The quantitative estimate of drug-likeness (QED) is 0.892. The summed E-state index contributed by atoms with van der Waals surface area (Å²) in [5.41, 5.74) is 1.88. The zero-order chi connectivity index (χ0) is 13.3. The van der Waals surface area contributed by atoms with Gasteiger partial charge in [0.25, 0.3) is 0 Å². The van der Waals surface area contributed by atoms with E-state index in [1.54, 1.807) is 0 Å². The van der Waals surface area contributed by atoms with Crippen LogP contribution in [0.3, 0.4) is 0 Å². The summed E-state index contributed by atoms with van der Waals surface area (Å²) < 4.78 is 2.27. The van der Waals surface area contributed by atoms with Gasteiger partial charge in [-0.1, -0.05) is 13.8 Å². The summed E-state index contributed by atoms with van der Waals surface area (Å²) in [6, 6.07) is 0. The molecule has 0 aromatic carbocycles. The zero-order valence-electron chi connectivity index (χ0n) is 12.5. The van der Waals surface area contributed by atoms with Gasteiger partial charge in [-0.2, -0.15) is 0 Å². The van der Waals surface area contributed by atoms with E-state index >= 15 is 0 Å². The van der Waals surface area contributed by atoms with E-state index < -0.39 is 0 Å². The summed E-state index contributed by atoms with van der Waals surface area (Å²) in [6.07, 6.45) is 6.03. The van der Waals surface area contributed by atoms with Gasteiger partial charge < -0.3 is 9.88 Å². The minimum absolute atomic E-state index is 0.465. The molecule has 102 valence electrons. The van der Waals surface area contributed by atoms with Gasteiger partial charge in [0.15, 0.2) is 0 Å². The maximum Gasteiger partial charge on any atom is 0.105 e. The molecule has 2 unspecified atom stereocenters. The van der Waals surface area contributed by atoms with E-state index in [1.165, 1.54) is 25.0 Å². The predicted molar refractivity (Wildman–Crippen MR) is 75.7 cm³/mol. The van der Waals surface area contributed by atoms with Gasteiger partial charge in [0.05, 0.1) is 0 Å². The second-order valence-corrected chi connectivity index (χ2v) is 6.62. The molecular weight excluding hydrogens is 222 g/mol. The molecule has 1 aromatic rings. The number of aromatic nitrogens is 2. The summed E-state index contributed by atoms with van der Waals surface area (Å²) in [5.74, 6) is 2.52. The van der Waals surface area contributed by atoms with Gasteiger partial charge in [-0.25, -0.2) is 4.98 Å². The van der Waals surface area contributed by atoms with Crippen molar-refractivity contribution in [1.29, 1.82) is 0 Å². The van der Waals surface area contributed by atoms with Crippen molar-refractivity contribution in [2.45, 2.75) is 46.0 Å². The van der Waals surface area contributed by atoms with E-state index in [4.69, 9.17) is 0 Å². The Bertz CT molecular complexity index is 406. The van der Waals surface area contributed by atoms with Gasteiger partial charge in [-0.15, -0.1) is 0 Å². The van der Waals surface area contributed by atoms with Gasteiger partial charge in [-0.3, -0.25) is 0 Å². The first kappa shape index (κ1) is 13.6. The molecule has 3 nitrogen and oxygen atoms in total. The van der Waals surface area contributed by atoms with Crippen LogP contribution in [0.1, 0.15) is 50.5 Å². The molecule has 0 amide bonds. The zero-order valence-corrected chi connectivity index (χ0v) is 12.5. The summed E-state index contributed by atoms with van der Waals surface area (Å²) in [5, 5.41) is 3.36. The minimum atomic E-state index is 0.465. The molecule has 0 radical (unpaired) electrons. The van der Waals surface area contributed by atoms with Crippen molar-refractivity contribution in [3.63, 3.8) is 0 Å². The molecule has 1 N–H and O–H groups in total. The third-order valence-corrected chi connectivity index (χ3v) is 4.64. The van der Waals surface area contributed by atoms with Crippen LogP contribution in [0, 0.1) is 18.3 Å². The fraction of sp³-hybridized carbons (Fsp3) is 0.800. The van der Waals surface area contributed by atoms with Crippen LogP contribution >= 0.6 is 0 Å². The van der Waals surface area contributed by atoms with Crippen molar-refractivity contribution in [2.24, 2.45) is 18.4 Å². The molecule has 3 heteroatoms. The van der Waals surface area contributed by atoms with Crippen molar-refractivity contribution in [2.75, 3.05) is 13.6 Å². The van der Waals surface area contributed by atoms with Crippen LogP contribution < -0.4 is 5.32 Å². The summed E-state index contributed by atoms with van der Waals surface area (Å²) in [7, 11) is 4.21. The Morgan fingerprint density at radius 2 is 2.22 bits per heavy atom. The number of hydrogen-bond donors (Lipinski definition) is 1. The van der Waals surface area contributed by atoms with Crippen LogP contribution in [0.4, 0.5) is 0 Å². The second kappa shape index (κ2) is 5.04. The highest BCUT2D eigenvalue weighted by Crippen LogP contribution is 2.46. The van der Waals surface area contributed by atoms with Gasteiger partial charge >= 0.3 is 0 Å². The van der Waals surface area contributed by atoms with Crippen LogP contribution in [0.2, 0.25) is 0 Å². The lowest BCUT2D eigenvalue weighted by Gasteiger charge is -2.41. The fourth-order valence-corrected chi connectivity index (χ4v) is 3.36. The van der Waals surface area contributed by atoms with E-state index in [-0.39, 0.29) is 0 Å². The Balaban J connectivity index is 2.27. The molecule has 0 aliphatic heterocycles. The Morgan fingerprint density at radius 3 is 2.78 bits per heavy atom. The number of nitrogens with zero attached hydrogens (tertiary/aromatic N) is 2. The molecule has 1 aliphatic rings. The maximum absolute atomic E-state index is 4.48. The van der Waals surface area contributed by atoms with E-state index in [0.717, 1.165) is 18.3 Å². The second-order valence-electron chi connectivity index (χ2n) is 6.62. The molecular formula is C15H27N3. The molecule has 1 aliphatic carbocycles. The molecule has 0 bridgehead atoms. The van der Waals surface area contributed by atoms with Crippen LogP contribution in [-0.4, -0.2) is 23.1 Å². The first-order chi connectivity index (χ1) is 8.44. The molecule has 2 atom stereocenters. The Hall–Kier alpha value is -0.830. The van der Waals surface area contributed by atoms with E-state index in [9.17, 15) is 0 Å². The lowest BCUT2D eigenvalue weighted by Crippen LogP contribution is -2.34. The maximum atomic E-state index is 4.48. The summed E-state index contributed by atoms with van der Waals surface area (Å²) in [4.78, 5) is 4.48. The standard InChI is InChI=1S/C15H27N3/c1-11-17-10-14(18(11)5)13-8-15(2,3)7-6-12(13)9-16-4/h10,12-13,16H,6-9H2,1-5H3. The normalized spacial score (nSPS) is 27.4. The molecule has 1 aromatic heterocycles. The van der Waals surface area contributed by atoms with Crippen molar-refractivity contribution < 1.29 is 0 Å². The fourth-order valence-electron chi connectivity index (χ4n) is 3.36. The molecule has 1 saturated carbocycles. The van der Waals surface area contributed by atoms with Crippen molar-refractivity contribution in [1.82, 2.24) is 14.9 Å². The van der Waals surface area contributed by atoms with Gasteiger partial charge in [-0.05, 0) is 51.1 Å². The first-order valence-corrected chi connectivity index (χ1v) is 7.07. The van der Waals surface area contributed by atoms with E-state index in [2.05, 4.69) is 55.9 Å². The predicted octanol–water partition coefficient (Wildman–Crippen LogP) is 2.86. The van der Waals surface area contributed by atoms with E-state index in [1.807, 2.05) is 0 Å². The monoisotopic (exact) mass is 249 g/mol. The first-order valence-electron chi connectivity index (χ1n) is 7.07. The van der Waals surface area contributed by atoms with Crippen molar-refractivity contribution in [3.8, 4) is 0 Å². The minimum Gasteiger partial charge on any atom is -0.335 e. The lowest BCUT2D eigenvalue weighted by molar-refractivity contribution is 0.157. The SMILES string of the molecule is CNCC1CCC(C)(C)CC1c1cnc(C)n1C. The van der Waals surface area contributed by atoms with E-state index in [0.29, 0.717) is 11.3 Å². The number of rotatable bonds is 3. The summed E-state index contributed by atoms with van der Waals surface area (Å²) >= 11 is 0. The highest BCUT2D eigenvalue weighted by molar-refractivity contribution is 5.14. The summed E-state index contributed by atoms with van der Waals surface area (Å²) in [6.45, 7) is 8.01. The topological polar surface area (TPSA) is 29.9 Å². The Kier molecular flexibility index (Phi) is 3.81. The van der Waals surface area contributed by atoms with Gasteiger partial charge in [0.1, 0.15) is 5.82 Å². The Morgan fingerprint density at radius 1 is 1.50 bits per heavy atom. The average molecular weight is 249 g/mol. The largest absolute Gasteiger partial charge is 0.335 e. The molecule has 2 rings (SSSR count). The number of hydrogen-bond acceptors (Lipinski definition) is 2. The van der Waals surface area contributed by atoms with Crippen molar-refractivity contribution >= 4 is 0 Å². The van der Waals surface area contributed by atoms with Gasteiger partial charge in [0.2, 0.25) is 0 Å². The molecule has 1 heterocycles. The van der Waals surface area contributed by atoms with Crippen LogP contribution in [0.5, 0.6) is 0 Å². The molecule has 0 saturated heterocycles. The number of nitrogens with one attached hydrogen (secondary N) is 1. The molecule has 18 heavy (non-hydrogen) atoms. The Labute approximate surface area is 111 Å². The van der Waals surface area contributed by atoms with Crippen molar-refractivity contribution in [3.05, 3.63) is 17.7 Å². The third-order valence-electron chi connectivity index (χ3n) is 4.64. The van der Waals surface area contributed by atoms with Crippen LogP contribution in [-0.2, 0) is 7.05 Å². The molecule has 1 fully saturated rings. The van der Waals surface area contributed by atoms with Crippen LogP contribution in [0.15, 0.2) is 6.20 Å². The third kappa shape index (κ3) is 2.61. The average Bonchev–Trinajstić information content (AvgIpc) is 2.62. The van der Waals surface area contributed by atoms with Gasteiger partial charge in [0, 0.05) is 24.9 Å². The highest BCUT2D eigenvalue weighted by atomic mass is 15.1. The smallest absolute Gasteiger partial charge is 0.105 e. The highest BCUT2D eigenvalue weighted by Gasteiger charge is 2.36.